The maximum Gasteiger partial charge on any atom is -0.0139 e. The predicted octanol–water partition coefficient (Wildman–Crippen LogP) is 6.14. The Morgan fingerprint density at radius 3 is 1.72 bits per heavy atom. The highest BCUT2D eigenvalue weighted by Crippen LogP contribution is 2.42. The Labute approximate surface area is 115 Å². The lowest BCUT2D eigenvalue weighted by Gasteiger charge is -2.35. The number of rotatable bonds is 5. The molecule has 0 aromatic heterocycles. The van der Waals surface area contributed by atoms with Gasteiger partial charge in [-0.3, -0.25) is 0 Å². The fraction of sp³-hybridized carbons (Fsp3) is 0.778. The van der Waals surface area contributed by atoms with Gasteiger partial charge in [0.2, 0.25) is 0 Å². The Kier molecular flexibility index (Phi) is 4.86. The van der Waals surface area contributed by atoms with Crippen molar-refractivity contribution in [3.05, 3.63) is 23.3 Å². The van der Waals surface area contributed by atoms with Crippen LogP contribution in [0.3, 0.4) is 0 Å². The van der Waals surface area contributed by atoms with E-state index in [1.54, 1.807) is 11.1 Å². The fourth-order valence-electron chi connectivity index (χ4n) is 3.14. The third-order valence-corrected chi connectivity index (χ3v) is 4.69. The van der Waals surface area contributed by atoms with Gasteiger partial charge in [-0.15, -0.1) is 0 Å². The summed E-state index contributed by atoms with van der Waals surface area (Å²) in [7, 11) is 0. The summed E-state index contributed by atoms with van der Waals surface area (Å²) in [6.07, 6.45) is 9.86. The molecule has 18 heavy (non-hydrogen) atoms. The normalized spacial score (nSPS) is 17.8. The van der Waals surface area contributed by atoms with Gasteiger partial charge in [0.1, 0.15) is 0 Å². The minimum absolute atomic E-state index is 0.368. The number of allylic oxidation sites excluding steroid dienone is 4. The van der Waals surface area contributed by atoms with E-state index in [0.29, 0.717) is 10.8 Å². The average Bonchev–Trinajstić information content (AvgIpc) is 2.27. The van der Waals surface area contributed by atoms with Gasteiger partial charge in [0, 0.05) is 0 Å². The third kappa shape index (κ3) is 3.73. The molecule has 0 radical (unpaired) electrons. The van der Waals surface area contributed by atoms with E-state index < -0.39 is 0 Å². The van der Waals surface area contributed by atoms with E-state index in [0.717, 1.165) is 5.92 Å². The van der Waals surface area contributed by atoms with Crippen LogP contribution in [0.15, 0.2) is 23.3 Å². The van der Waals surface area contributed by atoms with Crippen LogP contribution in [0.4, 0.5) is 0 Å². The lowest BCUT2D eigenvalue weighted by atomic mass is 9.70. The van der Waals surface area contributed by atoms with Crippen LogP contribution in [-0.2, 0) is 0 Å². The summed E-state index contributed by atoms with van der Waals surface area (Å²) in [6.45, 7) is 16.5. The first-order chi connectivity index (χ1) is 8.19. The maximum atomic E-state index is 2.42. The highest BCUT2D eigenvalue weighted by atomic mass is 14.3. The molecule has 0 saturated heterocycles. The smallest absolute Gasteiger partial charge is 0.0139 e. The zero-order valence-electron chi connectivity index (χ0n) is 13.6. The SMILES string of the molecule is CCC(C)(C)C1=CC=C(C(C)(C)CC(C)C)CC1. The molecule has 0 atom stereocenters. The Morgan fingerprint density at radius 1 is 0.944 bits per heavy atom. The minimum Gasteiger partial charge on any atom is -0.0646 e. The molecule has 0 saturated carbocycles. The summed E-state index contributed by atoms with van der Waals surface area (Å²) in [4.78, 5) is 0. The van der Waals surface area contributed by atoms with Crippen LogP contribution in [0, 0.1) is 16.7 Å². The fourth-order valence-corrected chi connectivity index (χ4v) is 3.14. The highest BCUT2D eigenvalue weighted by Gasteiger charge is 2.28. The van der Waals surface area contributed by atoms with Crippen LogP contribution in [0.2, 0.25) is 0 Å². The molecule has 0 nitrogen and oxygen atoms in total. The second-order valence-corrected chi connectivity index (χ2v) is 7.60. The summed E-state index contributed by atoms with van der Waals surface area (Å²) in [5, 5.41) is 0. The summed E-state index contributed by atoms with van der Waals surface area (Å²) in [5.74, 6) is 0.776. The molecule has 1 aliphatic rings. The van der Waals surface area contributed by atoms with E-state index in [1.807, 2.05) is 0 Å². The molecule has 0 unspecified atom stereocenters. The molecule has 0 heterocycles. The third-order valence-electron chi connectivity index (χ3n) is 4.69. The van der Waals surface area contributed by atoms with Gasteiger partial charge in [-0.25, -0.2) is 0 Å². The Bertz CT molecular complexity index is 337. The molecule has 0 bridgehead atoms. The molecule has 0 amide bonds. The second kappa shape index (κ2) is 5.63. The molecule has 1 aliphatic carbocycles. The van der Waals surface area contributed by atoms with E-state index in [2.05, 4.69) is 60.6 Å². The van der Waals surface area contributed by atoms with Crippen molar-refractivity contribution < 1.29 is 0 Å². The van der Waals surface area contributed by atoms with Crippen molar-refractivity contribution >= 4 is 0 Å². The Balaban J connectivity index is 2.85. The van der Waals surface area contributed by atoms with Gasteiger partial charge in [0.05, 0.1) is 0 Å². The Hall–Kier alpha value is -0.520. The zero-order chi connectivity index (χ0) is 14.0. The minimum atomic E-state index is 0.368. The van der Waals surface area contributed by atoms with Crippen molar-refractivity contribution in [2.45, 2.75) is 74.1 Å². The molecule has 0 aliphatic heterocycles. The van der Waals surface area contributed by atoms with Crippen molar-refractivity contribution in [3.8, 4) is 0 Å². The monoisotopic (exact) mass is 248 g/mol. The summed E-state index contributed by atoms with van der Waals surface area (Å²) >= 11 is 0. The van der Waals surface area contributed by atoms with E-state index in [1.165, 1.54) is 25.7 Å². The van der Waals surface area contributed by atoms with Crippen molar-refractivity contribution in [3.63, 3.8) is 0 Å². The van der Waals surface area contributed by atoms with Gasteiger partial charge in [0.25, 0.3) is 0 Å². The lowest BCUT2D eigenvalue weighted by molar-refractivity contribution is 0.329. The van der Waals surface area contributed by atoms with Crippen LogP contribution in [0.5, 0.6) is 0 Å². The first-order valence-corrected chi connectivity index (χ1v) is 7.59. The summed E-state index contributed by atoms with van der Waals surface area (Å²) < 4.78 is 0. The van der Waals surface area contributed by atoms with Crippen LogP contribution >= 0.6 is 0 Å². The molecule has 0 N–H and O–H groups in total. The lowest BCUT2D eigenvalue weighted by Crippen LogP contribution is -2.21. The predicted molar refractivity (Wildman–Crippen MR) is 82.7 cm³/mol. The quantitative estimate of drug-likeness (QED) is 0.548. The number of hydrogen-bond donors (Lipinski definition) is 0. The highest BCUT2D eigenvalue weighted by molar-refractivity contribution is 5.30. The molecule has 104 valence electrons. The first kappa shape index (κ1) is 15.5. The second-order valence-electron chi connectivity index (χ2n) is 7.60. The van der Waals surface area contributed by atoms with Crippen molar-refractivity contribution in [2.24, 2.45) is 16.7 Å². The van der Waals surface area contributed by atoms with Crippen molar-refractivity contribution in [1.82, 2.24) is 0 Å². The summed E-state index contributed by atoms with van der Waals surface area (Å²) in [6, 6.07) is 0. The van der Waals surface area contributed by atoms with Crippen molar-refractivity contribution in [1.29, 1.82) is 0 Å². The van der Waals surface area contributed by atoms with Crippen LogP contribution in [0.1, 0.15) is 74.1 Å². The molecule has 0 heteroatoms. The van der Waals surface area contributed by atoms with Crippen molar-refractivity contribution in [2.75, 3.05) is 0 Å². The van der Waals surface area contributed by atoms with E-state index in [-0.39, 0.29) is 0 Å². The van der Waals surface area contributed by atoms with Crippen LogP contribution in [-0.4, -0.2) is 0 Å². The molecule has 0 aromatic rings. The van der Waals surface area contributed by atoms with Gasteiger partial charge < -0.3 is 0 Å². The van der Waals surface area contributed by atoms with Gasteiger partial charge in [-0.1, -0.05) is 71.8 Å². The van der Waals surface area contributed by atoms with Crippen LogP contribution in [0.25, 0.3) is 0 Å². The molecule has 0 spiro atoms. The average molecular weight is 248 g/mol. The molecule has 1 rings (SSSR count). The topological polar surface area (TPSA) is 0 Å². The van der Waals surface area contributed by atoms with E-state index >= 15 is 0 Å². The van der Waals surface area contributed by atoms with Gasteiger partial charge >= 0.3 is 0 Å². The molecule has 0 fully saturated rings. The van der Waals surface area contributed by atoms with E-state index in [9.17, 15) is 0 Å². The van der Waals surface area contributed by atoms with Gasteiger partial charge in [-0.05, 0) is 42.4 Å². The maximum absolute atomic E-state index is 2.42. The molecular weight excluding hydrogens is 216 g/mol. The molecule has 0 aromatic carbocycles. The van der Waals surface area contributed by atoms with E-state index in [4.69, 9.17) is 0 Å². The first-order valence-electron chi connectivity index (χ1n) is 7.59. The largest absolute Gasteiger partial charge is 0.0646 e. The van der Waals surface area contributed by atoms with Crippen LogP contribution < -0.4 is 0 Å². The summed E-state index contributed by atoms with van der Waals surface area (Å²) in [5.41, 5.74) is 4.03. The van der Waals surface area contributed by atoms with Gasteiger partial charge in [-0.2, -0.15) is 0 Å². The molecular formula is C18H32. The standard InChI is InChI=1S/C18H32/c1-8-17(4,5)15-9-11-16(12-10-15)18(6,7)13-14(2)3/h9,11,14H,8,10,12-13H2,1-7H3. The zero-order valence-corrected chi connectivity index (χ0v) is 13.6. The van der Waals surface area contributed by atoms with Gasteiger partial charge in [0.15, 0.2) is 0 Å². The number of hydrogen-bond acceptors (Lipinski definition) is 0. The Morgan fingerprint density at radius 2 is 1.39 bits per heavy atom.